The van der Waals surface area contributed by atoms with Crippen LogP contribution in [0.1, 0.15) is 63.3 Å². The van der Waals surface area contributed by atoms with E-state index in [0.29, 0.717) is 0 Å². The number of fused-ring (bicyclic) bond motifs is 5. The smallest absolute Gasteiger partial charge is 0.147 e. The monoisotopic (exact) mass is 412 g/mol. The number of anilines is 1. The Morgan fingerprint density at radius 1 is 1.07 bits per heavy atom. The van der Waals surface area contributed by atoms with E-state index in [-0.39, 0.29) is 0 Å². The molecule has 0 saturated carbocycles. The molecule has 3 aromatic rings. The summed E-state index contributed by atoms with van der Waals surface area (Å²) in [5.74, 6) is 0.976. The number of thiophene rings is 1. The summed E-state index contributed by atoms with van der Waals surface area (Å²) in [6.07, 6.45) is 10.2. The first-order valence-corrected chi connectivity index (χ1v) is 12.2. The van der Waals surface area contributed by atoms with Crippen LogP contribution in [0.25, 0.3) is 20.4 Å². The Kier molecular flexibility index (Phi) is 6.60. The van der Waals surface area contributed by atoms with Crippen molar-refractivity contribution in [1.82, 2.24) is 15.0 Å². The molecule has 0 bridgehead atoms. The maximum Gasteiger partial charge on any atom is 0.147 e. The summed E-state index contributed by atoms with van der Waals surface area (Å²) in [6.45, 7) is 11.1. The number of hydrogen-bond donors (Lipinski definition) is 2. The molecule has 0 aliphatic heterocycles. The SMILES string of the molecule is CCCCc1nc2sc3c(NCC[NH+](CC)CC)ncnc3c2c2c1CCCC2. The van der Waals surface area contributed by atoms with Gasteiger partial charge in [0.2, 0.25) is 0 Å². The molecule has 0 unspecified atom stereocenters. The van der Waals surface area contributed by atoms with Gasteiger partial charge in [-0.3, -0.25) is 0 Å². The zero-order valence-corrected chi connectivity index (χ0v) is 18.9. The summed E-state index contributed by atoms with van der Waals surface area (Å²) in [5.41, 5.74) is 5.49. The van der Waals surface area contributed by atoms with Gasteiger partial charge in [0, 0.05) is 11.1 Å². The molecule has 1 aliphatic rings. The second kappa shape index (κ2) is 9.35. The Morgan fingerprint density at radius 2 is 1.86 bits per heavy atom. The lowest BCUT2D eigenvalue weighted by molar-refractivity contribution is -0.894. The van der Waals surface area contributed by atoms with Crippen molar-refractivity contribution in [3.63, 3.8) is 0 Å². The Labute approximate surface area is 178 Å². The third kappa shape index (κ3) is 4.10. The topological polar surface area (TPSA) is 55.1 Å². The molecule has 0 atom stereocenters. The molecule has 3 heterocycles. The van der Waals surface area contributed by atoms with Crippen LogP contribution < -0.4 is 10.2 Å². The van der Waals surface area contributed by atoms with Crippen molar-refractivity contribution in [2.24, 2.45) is 0 Å². The fraction of sp³-hybridized carbons (Fsp3) is 0.609. The van der Waals surface area contributed by atoms with E-state index in [1.807, 2.05) is 0 Å². The molecule has 1 aliphatic carbocycles. The molecule has 2 N–H and O–H groups in total. The minimum absolute atomic E-state index is 0.935. The van der Waals surface area contributed by atoms with Crippen LogP contribution in [-0.4, -0.2) is 41.1 Å². The maximum absolute atomic E-state index is 5.16. The Morgan fingerprint density at radius 3 is 2.62 bits per heavy atom. The van der Waals surface area contributed by atoms with E-state index in [2.05, 4.69) is 31.1 Å². The van der Waals surface area contributed by atoms with Gasteiger partial charge in [-0.05, 0) is 63.5 Å². The number of rotatable bonds is 9. The quantitative estimate of drug-likeness (QED) is 0.561. The van der Waals surface area contributed by atoms with Crippen LogP contribution in [-0.2, 0) is 19.3 Å². The molecule has 0 fully saturated rings. The largest absolute Gasteiger partial charge is 0.363 e. The minimum atomic E-state index is 0.935. The second-order valence-corrected chi connectivity index (χ2v) is 9.14. The number of aromatic nitrogens is 3. The molecule has 4 rings (SSSR count). The number of nitrogens with one attached hydrogen (secondary N) is 2. The standard InChI is InChI=1S/C23H33N5S/c1-4-7-12-18-16-10-8-9-11-17(16)19-20-21(29-23(19)27-18)22(26-15-25-20)24-13-14-28(5-2)6-3/h15H,4-14H2,1-3H3,(H,24,25,26)/p+1. The van der Waals surface area contributed by atoms with Crippen LogP contribution in [0, 0.1) is 0 Å². The van der Waals surface area contributed by atoms with Gasteiger partial charge in [0.05, 0.1) is 36.4 Å². The number of unbranched alkanes of at least 4 members (excludes halogenated alkanes) is 1. The van der Waals surface area contributed by atoms with Crippen LogP contribution in [0.15, 0.2) is 6.33 Å². The van der Waals surface area contributed by atoms with E-state index >= 15 is 0 Å². The molecule has 0 amide bonds. The number of hydrogen-bond acceptors (Lipinski definition) is 5. The van der Waals surface area contributed by atoms with Crippen molar-refractivity contribution in [3.8, 4) is 0 Å². The van der Waals surface area contributed by atoms with Gasteiger partial charge in [0.1, 0.15) is 17.0 Å². The van der Waals surface area contributed by atoms with Crippen LogP contribution in [0.5, 0.6) is 0 Å². The number of quaternary nitrogens is 1. The third-order valence-electron chi connectivity index (χ3n) is 6.35. The van der Waals surface area contributed by atoms with E-state index in [0.717, 1.165) is 55.2 Å². The van der Waals surface area contributed by atoms with E-state index in [9.17, 15) is 0 Å². The minimum Gasteiger partial charge on any atom is -0.363 e. The van der Waals surface area contributed by atoms with E-state index in [4.69, 9.17) is 9.97 Å². The van der Waals surface area contributed by atoms with Crippen molar-refractivity contribution in [2.45, 2.75) is 65.7 Å². The maximum atomic E-state index is 5.16. The van der Waals surface area contributed by atoms with Crippen LogP contribution in [0.4, 0.5) is 5.82 Å². The van der Waals surface area contributed by atoms with Gasteiger partial charge >= 0.3 is 0 Å². The highest BCUT2D eigenvalue weighted by atomic mass is 32.1. The first-order valence-electron chi connectivity index (χ1n) is 11.4. The van der Waals surface area contributed by atoms with Gasteiger partial charge in [-0.2, -0.15) is 0 Å². The molecule has 5 nitrogen and oxygen atoms in total. The predicted molar refractivity (Wildman–Crippen MR) is 123 cm³/mol. The molecule has 0 aromatic carbocycles. The van der Waals surface area contributed by atoms with Gasteiger partial charge in [0.15, 0.2) is 0 Å². The number of nitrogens with zero attached hydrogens (tertiary/aromatic N) is 3. The first-order chi connectivity index (χ1) is 14.3. The molecule has 0 radical (unpaired) electrons. The fourth-order valence-electron chi connectivity index (χ4n) is 4.58. The van der Waals surface area contributed by atoms with Gasteiger partial charge in [-0.25, -0.2) is 15.0 Å². The van der Waals surface area contributed by atoms with Crippen molar-refractivity contribution < 1.29 is 4.90 Å². The number of aryl methyl sites for hydroxylation is 2. The Hall–Kier alpha value is -1.79. The van der Waals surface area contributed by atoms with Crippen LogP contribution in [0.2, 0.25) is 0 Å². The highest BCUT2D eigenvalue weighted by molar-refractivity contribution is 7.26. The Bertz CT molecular complexity index is 976. The molecule has 156 valence electrons. The molecule has 29 heavy (non-hydrogen) atoms. The summed E-state index contributed by atoms with van der Waals surface area (Å²) in [5, 5.41) is 4.89. The zero-order valence-electron chi connectivity index (χ0n) is 18.1. The third-order valence-corrected chi connectivity index (χ3v) is 7.43. The number of likely N-dealkylation sites (N-methyl/N-ethyl adjacent to an activating group) is 1. The summed E-state index contributed by atoms with van der Waals surface area (Å²) < 4.78 is 1.17. The normalized spacial score (nSPS) is 14.1. The molecule has 3 aromatic heterocycles. The van der Waals surface area contributed by atoms with Crippen LogP contribution >= 0.6 is 11.3 Å². The first kappa shape index (κ1) is 20.5. The fourth-order valence-corrected chi connectivity index (χ4v) is 5.72. The van der Waals surface area contributed by atoms with Crippen LogP contribution in [0.3, 0.4) is 0 Å². The number of pyridine rings is 1. The summed E-state index contributed by atoms with van der Waals surface area (Å²) >= 11 is 1.77. The lowest BCUT2D eigenvalue weighted by atomic mass is 9.87. The average molecular weight is 413 g/mol. The molecular weight excluding hydrogens is 378 g/mol. The zero-order chi connectivity index (χ0) is 20.2. The van der Waals surface area contributed by atoms with E-state index in [1.54, 1.807) is 22.6 Å². The molecule has 6 heteroatoms. The van der Waals surface area contributed by atoms with E-state index < -0.39 is 0 Å². The van der Waals surface area contributed by atoms with E-state index in [1.165, 1.54) is 59.0 Å². The van der Waals surface area contributed by atoms with Crippen molar-refractivity contribution in [1.29, 1.82) is 0 Å². The highest BCUT2D eigenvalue weighted by Crippen LogP contribution is 2.40. The average Bonchev–Trinajstić information content (AvgIpc) is 3.14. The summed E-state index contributed by atoms with van der Waals surface area (Å²) in [7, 11) is 0. The summed E-state index contributed by atoms with van der Waals surface area (Å²) in [6, 6.07) is 0. The molecule has 0 saturated heterocycles. The van der Waals surface area contributed by atoms with Crippen molar-refractivity contribution >= 4 is 37.6 Å². The van der Waals surface area contributed by atoms with Gasteiger partial charge < -0.3 is 10.2 Å². The second-order valence-electron chi connectivity index (χ2n) is 8.14. The van der Waals surface area contributed by atoms with Gasteiger partial charge in [-0.1, -0.05) is 13.3 Å². The predicted octanol–water partition coefficient (Wildman–Crippen LogP) is 3.80. The lowest BCUT2D eigenvalue weighted by Crippen LogP contribution is -3.12. The van der Waals surface area contributed by atoms with Crippen molar-refractivity contribution in [2.75, 3.05) is 31.5 Å². The van der Waals surface area contributed by atoms with Gasteiger partial charge in [0.25, 0.3) is 0 Å². The highest BCUT2D eigenvalue weighted by Gasteiger charge is 2.23. The van der Waals surface area contributed by atoms with Crippen molar-refractivity contribution in [3.05, 3.63) is 23.1 Å². The molecule has 0 spiro atoms. The summed E-state index contributed by atoms with van der Waals surface area (Å²) in [4.78, 5) is 17.2. The van der Waals surface area contributed by atoms with Gasteiger partial charge in [-0.15, -0.1) is 11.3 Å². The Balaban J connectivity index is 1.74. The molecular formula is C23H34N5S+. The lowest BCUT2D eigenvalue weighted by Gasteiger charge is -2.20.